The second kappa shape index (κ2) is 13.2. The molecule has 32 heavy (non-hydrogen) atoms. The quantitative estimate of drug-likeness (QED) is 0.161. The van der Waals surface area contributed by atoms with Crippen LogP contribution in [0.1, 0.15) is 39.6 Å². The van der Waals surface area contributed by atoms with E-state index in [1.165, 1.54) is 24.3 Å². The van der Waals surface area contributed by atoms with Crippen LogP contribution in [0.4, 0.5) is 0 Å². The van der Waals surface area contributed by atoms with Gasteiger partial charge in [0.2, 0.25) is 5.91 Å². The Morgan fingerprint density at radius 2 is 1.62 bits per heavy atom. The average Bonchev–Trinajstić information content (AvgIpc) is 2.81. The second-order valence-corrected chi connectivity index (χ2v) is 7.13. The van der Waals surface area contributed by atoms with Gasteiger partial charge in [-0.1, -0.05) is 30.3 Å². The predicted octanol–water partition coefficient (Wildman–Crippen LogP) is 2.25. The number of hydrogen-bond donors (Lipinski definition) is 4. The topological polar surface area (TPSA) is 134 Å². The first-order chi connectivity index (χ1) is 15.4. The van der Waals surface area contributed by atoms with Crippen molar-refractivity contribution in [2.45, 2.75) is 25.8 Å². The number of benzene rings is 2. The largest absolute Gasteiger partial charge is 0.478 e. The molecule has 0 unspecified atom stereocenters. The van der Waals surface area contributed by atoms with Crippen molar-refractivity contribution in [2.75, 3.05) is 20.0 Å². The molecule has 9 nitrogen and oxygen atoms in total. The molecular weight excluding hydrogens is 416 g/mol. The minimum absolute atomic E-state index is 0.0335. The number of rotatable bonds is 13. The van der Waals surface area contributed by atoms with Gasteiger partial charge in [0.1, 0.15) is 6.79 Å². The highest BCUT2D eigenvalue weighted by atomic mass is 16.7. The summed E-state index contributed by atoms with van der Waals surface area (Å²) in [5.74, 6) is -2.71. The van der Waals surface area contributed by atoms with Crippen molar-refractivity contribution in [3.63, 3.8) is 0 Å². The van der Waals surface area contributed by atoms with E-state index in [0.29, 0.717) is 13.0 Å². The second-order valence-electron chi connectivity index (χ2n) is 7.13. The fourth-order valence-corrected chi connectivity index (χ4v) is 3.15. The minimum atomic E-state index is -1.09. The van der Waals surface area contributed by atoms with E-state index in [4.69, 9.17) is 14.6 Å². The van der Waals surface area contributed by atoms with E-state index >= 15 is 0 Å². The molecule has 0 aromatic heterocycles. The summed E-state index contributed by atoms with van der Waals surface area (Å²) in [5, 5.41) is 21.0. The lowest BCUT2D eigenvalue weighted by Gasteiger charge is -2.24. The summed E-state index contributed by atoms with van der Waals surface area (Å²) in [7, 11) is 0. The molecule has 0 aliphatic heterocycles. The van der Waals surface area contributed by atoms with Crippen molar-refractivity contribution in [1.82, 2.24) is 10.8 Å². The summed E-state index contributed by atoms with van der Waals surface area (Å²) in [6.45, 7) is 2.41. The SMILES string of the molecule is CCOCOC[C@H](C[C@H](Cc1ccccc1)C(=O)NO)NC(=O)c1ccc(C(=O)O)cc1. The zero-order chi connectivity index (χ0) is 23.3. The zero-order valence-corrected chi connectivity index (χ0v) is 17.8. The van der Waals surface area contributed by atoms with Gasteiger partial charge in [0, 0.05) is 18.1 Å². The standard InChI is InChI=1S/C23H28N2O7/c1-2-31-15-32-14-20(24-21(26)17-8-10-18(11-9-17)23(28)29)13-19(22(27)25-30)12-16-6-4-3-5-7-16/h3-11,19-20,30H,2,12-15H2,1H3,(H,24,26)(H,25,27)(H,28,29)/t19-,20-/m0/s1. The molecule has 0 saturated carbocycles. The molecule has 0 aliphatic carbocycles. The van der Waals surface area contributed by atoms with Crippen LogP contribution in [0.15, 0.2) is 54.6 Å². The molecule has 172 valence electrons. The summed E-state index contributed by atoms with van der Waals surface area (Å²) in [6, 6.07) is 14.3. The molecule has 2 rings (SSSR count). The Hall–Kier alpha value is -3.27. The molecule has 2 atom stereocenters. The zero-order valence-electron chi connectivity index (χ0n) is 17.8. The summed E-state index contributed by atoms with van der Waals surface area (Å²) in [4.78, 5) is 36.0. The summed E-state index contributed by atoms with van der Waals surface area (Å²) in [6.07, 6.45) is 0.560. The van der Waals surface area contributed by atoms with E-state index in [1.807, 2.05) is 37.3 Å². The number of hydroxylamine groups is 1. The molecule has 0 spiro atoms. The number of carbonyl (C=O) groups is 3. The summed E-state index contributed by atoms with van der Waals surface area (Å²) in [5.41, 5.74) is 2.95. The highest BCUT2D eigenvalue weighted by Gasteiger charge is 2.25. The van der Waals surface area contributed by atoms with Crippen LogP contribution in [0, 0.1) is 5.92 Å². The molecule has 4 N–H and O–H groups in total. The third-order valence-corrected chi connectivity index (χ3v) is 4.79. The van der Waals surface area contributed by atoms with E-state index in [9.17, 15) is 19.6 Å². The summed E-state index contributed by atoms with van der Waals surface area (Å²) < 4.78 is 10.6. The number of carbonyl (C=O) groups excluding carboxylic acids is 2. The highest BCUT2D eigenvalue weighted by molar-refractivity contribution is 5.96. The van der Waals surface area contributed by atoms with E-state index in [1.54, 1.807) is 5.48 Å². The van der Waals surface area contributed by atoms with Crippen LogP contribution >= 0.6 is 0 Å². The lowest BCUT2D eigenvalue weighted by Crippen LogP contribution is -2.42. The Balaban J connectivity index is 2.12. The maximum Gasteiger partial charge on any atom is 0.335 e. The molecule has 9 heteroatoms. The monoisotopic (exact) mass is 444 g/mol. The van der Waals surface area contributed by atoms with E-state index in [-0.39, 0.29) is 30.9 Å². The van der Waals surface area contributed by atoms with E-state index in [2.05, 4.69) is 5.32 Å². The molecule has 0 radical (unpaired) electrons. The normalized spacial score (nSPS) is 12.6. The Kier molecular flexibility index (Phi) is 10.3. The van der Waals surface area contributed by atoms with Gasteiger partial charge in [0.05, 0.1) is 18.2 Å². The maximum absolute atomic E-state index is 12.7. The molecule has 0 saturated heterocycles. The van der Waals surface area contributed by atoms with Gasteiger partial charge in [-0.2, -0.15) is 0 Å². The number of nitrogens with one attached hydrogen (secondary N) is 2. The van der Waals surface area contributed by atoms with Crippen LogP contribution in [-0.4, -0.2) is 54.1 Å². The third kappa shape index (κ3) is 8.10. The first-order valence-electron chi connectivity index (χ1n) is 10.2. The van der Waals surface area contributed by atoms with Gasteiger partial charge in [-0.25, -0.2) is 10.3 Å². The van der Waals surface area contributed by atoms with Crippen LogP contribution < -0.4 is 10.8 Å². The fraction of sp³-hybridized carbons (Fsp3) is 0.348. The predicted molar refractivity (Wildman–Crippen MR) is 115 cm³/mol. The summed E-state index contributed by atoms with van der Waals surface area (Å²) >= 11 is 0. The Labute approximate surface area is 186 Å². The average molecular weight is 444 g/mol. The molecule has 2 amide bonds. The number of amides is 2. The third-order valence-electron chi connectivity index (χ3n) is 4.79. The van der Waals surface area contributed by atoms with Gasteiger partial charge in [0.25, 0.3) is 5.91 Å². The smallest absolute Gasteiger partial charge is 0.335 e. The maximum atomic E-state index is 12.7. The lowest BCUT2D eigenvalue weighted by molar-refractivity contribution is -0.134. The van der Waals surface area contributed by atoms with Gasteiger partial charge in [-0.3, -0.25) is 14.8 Å². The number of hydrogen-bond acceptors (Lipinski definition) is 6. The first kappa shape index (κ1) is 25.0. The molecule has 0 aliphatic rings. The van der Waals surface area contributed by atoms with Crippen LogP contribution in [0.5, 0.6) is 0 Å². The number of aromatic carboxylic acids is 1. The Bertz CT molecular complexity index is 872. The van der Waals surface area contributed by atoms with Gasteiger partial charge < -0.3 is 19.9 Å². The van der Waals surface area contributed by atoms with Crippen LogP contribution in [0.3, 0.4) is 0 Å². The lowest BCUT2D eigenvalue weighted by atomic mass is 9.92. The highest BCUT2D eigenvalue weighted by Crippen LogP contribution is 2.16. The minimum Gasteiger partial charge on any atom is -0.478 e. The van der Waals surface area contributed by atoms with Gasteiger partial charge >= 0.3 is 5.97 Å². The number of carboxylic acids is 1. The molecule has 0 fully saturated rings. The van der Waals surface area contributed by atoms with Gasteiger partial charge in [-0.05, 0) is 49.6 Å². The Morgan fingerprint density at radius 3 is 2.22 bits per heavy atom. The molecular formula is C23H28N2O7. The van der Waals surface area contributed by atoms with Crippen molar-refractivity contribution >= 4 is 17.8 Å². The van der Waals surface area contributed by atoms with Gasteiger partial charge in [0.15, 0.2) is 0 Å². The van der Waals surface area contributed by atoms with Crippen LogP contribution in [0.2, 0.25) is 0 Å². The van der Waals surface area contributed by atoms with Crippen molar-refractivity contribution in [2.24, 2.45) is 5.92 Å². The molecule has 0 heterocycles. The van der Waals surface area contributed by atoms with Crippen LogP contribution in [0.25, 0.3) is 0 Å². The van der Waals surface area contributed by atoms with E-state index < -0.39 is 29.7 Å². The van der Waals surface area contributed by atoms with Crippen molar-refractivity contribution in [3.8, 4) is 0 Å². The number of ether oxygens (including phenoxy) is 2. The van der Waals surface area contributed by atoms with E-state index in [0.717, 1.165) is 5.56 Å². The molecule has 2 aromatic carbocycles. The van der Waals surface area contributed by atoms with Crippen molar-refractivity contribution in [3.05, 3.63) is 71.3 Å². The Morgan fingerprint density at radius 1 is 0.969 bits per heavy atom. The molecule has 0 bridgehead atoms. The van der Waals surface area contributed by atoms with Crippen molar-refractivity contribution < 1.29 is 34.2 Å². The first-order valence-corrected chi connectivity index (χ1v) is 10.2. The number of carboxylic acid groups (broad SMARTS) is 1. The fourth-order valence-electron chi connectivity index (χ4n) is 3.15. The van der Waals surface area contributed by atoms with Gasteiger partial charge in [-0.15, -0.1) is 0 Å². The van der Waals surface area contributed by atoms with Crippen molar-refractivity contribution in [1.29, 1.82) is 0 Å². The van der Waals surface area contributed by atoms with Crippen LogP contribution in [-0.2, 0) is 20.7 Å². The molecule has 2 aromatic rings.